The van der Waals surface area contributed by atoms with Gasteiger partial charge in [0.25, 0.3) is 0 Å². The van der Waals surface area contributed by atoms with Crippen LogP contribution in [0, 0.1) is 0 Å². The molecule has 5 nitrogen and oxygen atoms in total. The van der Waals surface area contributed by atoms with Crippen molar-refractivity contribution in [1.82, 2.24) is 9.88 Å². The van der Waals surface area contributed by atoms with Crippen LogP contribution in [-0.2, 0) is 4.79 Å². The van der Waals surface area contributed by atoms with E-state index in [4.69, 9.17) is 5.11 Å². The van der Waals surface area contributed by atoms with E-state index in [1.807, 2.05) is 24.3 Å². The second-order valence-corrected chi connectivity index (χ2v) is 6.70. The number of carbonyl (C=O) groups is 1. The third-order valence-corrected chi connectivity index (χ3v) is 5.03. The Labute approximate surface area is 134 Å². The topological polar surface area (TPSA) is 65.5 Å². The van der Waals surface area contributed by atoms with Gasteiger partial charge in [0, 0.05) is 12.6 Å². The van der Waals surface area contributed by atoms with E-state index < -0.39 is 0 Å². The van der Waals surface area contributed by atoms with Crippen molar-refractivity contribution in [2.45, 2.75) is 31.7 Å². The maximum Gasteiger partial charge on any atom is 0.240 e. The number of anilines is 1. The number of thiazole rings is 1. The molecule has 1 aromatic heterocycles. The molecule has 2 heterocycles. The molecular weight excluding hydrogens is 298 g/mol. The maximum absolute atomic E-state index is 12.2. The van der Waals surface area contributed by atoms with Crippen molar-refractivity contribution in [2.75, 3.05) is 25.0 Å². The Morgan fingerprint density at radius 1 is 1.45 bits per heavy atom. The monoisotopic (exact) mass is 319 g/mol. The van der Waals surface area contributed by atoms with Gasteiger partial charge in [0.2, 0.25) is 5.91 Å². The van der Waals surface area contributed by atoms with Crippen molar-refractivity contribution in [3.63, 3.8) is 0 Å². The average Bonchev–Trinajstić information content (AvgIpc) is 3.10. The molecule has 0 radical (unpaired) electrons. The summed E-state index contributed by atoms with van der Waals surface area (Å²) in [5.74, 6) is -0.00467. The van der Waals surface area contributed by atoms with Crippen LogP contribution in [0.5, 0.6) is 0 Å². The van der Waals surface area contributed by atoms with Crippen LogP contribution >= 0.6 is 11.3 Å². The van der Waals surface area contributed by atoms with Crippen LogP contribution < -0.4 is 5.32 Å². The normalized spacial score (nSPS) is 18.9. The second-order valence-electron chi connectivity index (χ2n) is 5.67. The molecule has 1 saturated heterocycles. The first kappa shape index (κ1) is 15.4. The zero-order valence-electron chi connectivity index (χ0n) is 12.5. The van der Waals surface area contributed by atoms with E-state index in [0.29, 0.717) is 17.7 Å². The van der Waals surface area contributed by atoms with Crippen molar-refractivity contribution >= 4 is 32.6 Å². The zero-order chi connectivity index (χ0) is 15.4. The summed E-state index contributed by atoms with van der Waals surface area (Å²) in [5.41, 5.74) is 0.921. The zero-order valence-corrected chi connectivity index (χ0v) is 13.3. The predicted octanol–water partition coefficient (Wildman–Crippen LogP) is 2.47. The largest absolute Gasteiger partial charge is 0.396 e. The first-order valence-corrected chi connectivity index (χ1v) is 8.58. The number of benzene rings is 1. The molecule has 0 aliphatic carbocycles. The smallest absolute Gasteiger partial charge is 0.240 e. The molecule has 2 N–H and O–H groups in total. The van der Waals surface area contributed by atoms with E-state index in [9.17, 15) is 4.79 Å². The van der Waals surface area contributed by atoms with E-state index in [0.717, 1.165) is 42.4 Å². The minimum absolute atomic E-state index is 0.00467. The van der Waals surface area contributed by atoms with Crippen molar-refractivity contribution < 1.29 is 9.90 Å². The van der Waals surface area contributed by atoms with Crippen molar-refractivity contribution in [3.8, 4) is 0 Å². The number of rotatable bonds is 6. The molecule has 2 aromatic rings. The average molecular weight is 319 g/mol. The summed E-state index contributed by atoms with van der Waals surface area (Å²) in [5, 5.41) is 12.5. The van der Waals surface area contributed by atoms with Crippen LogP contribution in [0.15, 0.2) is 24.3 Å². The molecule has 1 fully saturated rings. The fraction of sp³-hybridized carbons (Fsp3) is 0.500. The number of aromatic nitrogens is 1. The Morgan fingerprint density at radius 3 is 3.14 bits per heavy atom. The van der Waals surface area contributed by atoms with E-state index in [2.05, 4.69) is 15.2 Å². The second kappa shape index (κ2) is 7.17. The quantitative estimate of drug-likeness (QED) is 0.858. The Balaban J connectivity index is 1.57. The molecule has 1 aromatic carbocycles. The van der Waals surface area contributed by atoms with Crippen molar-refractivity contribution in [2.24, 2.45) is 0 Å². The summed E-state index contributed by atoms with van der Waals surface area (Å²) >= 11 is 1.50. The highest BCUT2D eigenvalue weighted by Crippen LogP contribution is 2.26. The molecule has 118 valence electrons. The number of nitrogens with zero attached hydrogens (tertiary/aromatic N) is 2. The molecule has 1 atom stereocenters. The lowest BCUT2D eigenvalue weighted by Gasteiger charge is -2.23. The highest BCUT2D eigenvalue weighted by molar-refractivity contribution is 7.22. The highest BCUT2D eigenvalue weighted by Gasteiger charge is 2.25. The van der Waals surface area contributed by atoms with Gasteiger partial charge in [0.15, 0.2) is 5.13 Å². The summed E-state index contributed by atoms with van der Waals surface area (Å²) in [7, 11) is 0. The lowest BCUT2D eigenvalue weighted by atomic mass is 10.1. The summed E-state index contributed by atoms with van der Waals surface area (Å²) in [4.78, 5) is 18.9. The molecule has 1 unspecified atom stereocenters. The SMILES string of the molecule is O=C(CN1CCCC1CCCO)Nc1nc2ccccc2s1. The number of fused-ring (bicyclic) bond motifs is 1. The van der Waals surface area contributed by atoms with Crippen LogP contribution in [0.2, 0.25) is 0 Å². The third kappa shape index (κ3) is 3.63. The third-order valence-electron chi connectivity index (χ3n) is 4.08. The van der Waals surface area contributed by atoms with E-state index in [1.54, 1.807) is 0 Å². The van der Waals surface area contributed by atoms with Gasteiger partial charge in [-0.1, -0.05) is 23.5 Å². The van der Waals surface area contributed by atoms with Gasteiger partial charge >= 0.3 is 0 Å². The van der Waals surface area contributed by atoms with Gasteiger partial charge in [-0.25, -0.2) is 4.98 Å². The molecule has 1 aliphatic rings. The Hall–Kier alpha value is -1.50. The molecule has 6 heteroatoms. The van der Waals surface area contributed by atoms with Crippen LogP contribution in [0.4, 0.5) is 5.13 Å². The van der Waals surface area contributed by atoms with E-state index in [1.165, 1.54) is 11.3 Å². The number of aliphatic hydroxyl groups is 1. The lowest BCUT2D eigenvalue weighted by molar-refractivity contribution is -0.117. The van der Waals surface area contributed by atoms with Gasteiger partial charge in [0.05, 0.1) is 16.8 Å². The van der Waals surface area contributed by atoms with Gasteiger partial charge in [-0.2, -0.15) is 0 Å². The van der Waals surface area contributed by atoms with Crippen LogP contribution in [-0.4, -0.2) is 46.6 Å². The number of carbonyl (C=O) groups excluding carboxylic acids is 1. The van der Waals surface area contributed by atoms with Crippen LogP contribution in [0.25, 0.3) is 10.2 Å². The fourth-order valence-corrected chi connectivity index (χ4v) is 3.91. The number of para-hydroxylation sites is 1. The standard InChI is InChI=1S/C16H21N3O2S/c20-10-4-6-12-5-3-9-19(12)11-15(21)18-16-17-13-7-1-2-8-14(13)22-16/h1-2,7-8,12,20H,3-6,9-11H2,(H,17,18,21). The number of nitrogens with one attached hydrogen (secondary N) is 1. The van der Waals surface area contributed by atoms with Gasteiger partial charge in [-0.3, -0.25) is 9.69 Å². The van der Waals surface area contributed by atoms with Crippen molar-refractivity contribution in [3.05, 3.63) is 24.3 Å². The molecule has 0 bridgehead atoms. The minimum Gasteiger partial charge on any atom is -0.396 e. The Morgan fingerprint density at radius 2 is 2.32 bits per heavy atom. The molecule has 1 aliphatic heterocycles. The minimum atomic E-state index is -0.00467. The van der Waals surface area contributed by atoms with Gasteiger partial charge in [-0.15, -0.1) is 0 Å². The molecule has 0 spiro atoms. The number of likely N-dealkylation sites (tertiary alicyclic amines) is 1. The molecule has 0 saturated carbocycles. The number of aliphatic hydroxyl groups excluding tert-OH is 1. The maximum atomic E-state index is 12.2. The predicted molar refractivity (Wildman–Crippen MR) is 89.2 cm³/mol. The first-order valence-electron chi connectivity index (χ1n) is 7.76. The van der Waals surface area contributed by atoms with E-state index in [-0.39, 0.29) is 12.5 Å². The number of hydrogen-bond donors (Lipinski definition) is 2. The number of hydrogen-bond acceptors (Lipinski definition) is 5. The van der Waals surface area contributed by atoms with Gasteiger partial charge in [-0.05, 0) is 44.4 Å². The highest BCUT2D eigenvalue weighted by atomic mass is 32.1. The Bertz CT molecular complexity index is 610. The molecule has 3 rings (SSSR count). The van der Waals surface area contributed by atoms with Gasteiger partial charge in [0.1, 0.15) is 0 Å². The lowest BCUT2D eigenvalue weighted by Crippen LogP contribution is -2.36. The van der Waals surface area contributed by atoms with Crippen LogP contribution in [0.1, 0.15) is 25.7 Å². The Kier molecular flexibility index (Phi) is 5.02. The van der Waals surface area contributed by atoms with E-state index >= 15 is 0 Å². The summed E-state index contributed by atoms with van der Waals surface area (Å²) in [6.07, 6.45) is 4.02. The molecule has 1 amide bonds. The first-order chi connectivity index (χ1) is 10.8. The van der Waals surface area contributed by atoms with Gasteiger partial charge < -0.3 is 10.4 Å². The van der Waals surface area contributed by atoms with Crippen LogP contribution in [0.3, 0.4) is 0 Å². The molecule has 22 heavy (non-hydrogen) atoms. The summed E-state index contributed by atoms with van der Waals surface area (Å²) < 4.78 is 1.08. The van der Waals surface area contributed by atoms with Crippen molar-refractivity contribution in [1.29, 1.82) is 0 Å². The summed E-state index contributed by atoms with van der Waals surface area (Å²) in [6.45, 7) is 1.59. The summed E-state index contributed by atoms with van der Waals surface area (Å²) in [6, 6.07) is 8.31. The molecular formula is C16H21N3O2S. The number of amides is 1. The fourth-order valence-electron chi connectivity index (χ4n) is 3.03.